The summed E-state index contributed by atoms with van der Waals surface area (Å²) >= 11 is 0. The maximum absolute atomic E-state index is 14.2. The first-order valence-electron chi connectivity index (χ1n) is 8.09. The first kappa shape index (κ1) is 16.0. The Morgan fingerprint density at radius 1 is 1.32 bits per heavy atom. The Hall–Kier alpha value is -2.48. The molecular formula is C17H17FN4O2S. The number of fused-ring (bicyclic) bond motifs is 1. The van der Waals surface area contributed by atoms with E-state index in [0.29, 0.717) is 11.7 Å². The maximum Gasteiger partial charge on any atom is 0.285 e. The van der Waals surface area contributed by atoms with Crippen molar-refractivity contribution in [1.29, 1.82) is 0 Å². The lowest BCUT2D eigenvalue weighted by atomic mass is 10.1. The molecule has 25 heavy (non-hydrogen) atoms. The Morgan fingerprint density at radius 2 is 2.16 bits per heavy atom. The van der Waals surface area contributed by atoms with Gasteiger partial charge in [-0.3, -0.25) is 4.98 Å². The Morgan fingerprint density at radius 3 is 2.92 bits per heavy atom. The average molecular weight is 360 g/mol. The molecule has 3 heterocycles. The molecule has 1 aromatic heterocycles. The van der Waals surface area contributed by atoms with Crippen LogP contribution in [0.5, 0.6) is 0 Å². The second kappa shape index (κ2) is 5.80. The molecular weight excluding hydrogens is 343 g/mol. The van der Waals surface area contributed by atoms with Crippen LogP contribution >= 0.6 is 0 Å². The molecule has 1 saturated heterocycles. The Labute approximate surface area is 145 Å². The molecule has 6 nitrogen and oxygen atoms in total. The monoisotopic (exact) mass is 360 g/mol. The molecule has 1 fully saturated rings. The molecule has 2 aromatic rings. The fourth-order valence-electron chi connectivity index (χ4n) is 3.39. The van der Waals surface area contributed by atoms with Gasteiger partial charge in [0.25, 0.3) is 10.0 Å². The molecule has 0 spiro atoms. The number of anilines is 2. The predicted molar refractivity (Wildman–Crippen MR) is 94.0 cm³/mol. The smallest absolute Gasteiger partial charge is 0.285 e. The Kier molecular flexibility index (Phi) is 3.72. The van der Waals surface area contributed by atoms with E-state index in [0.717, 1.165) is 25.1 Å². The van der Waals surface area contributed by atoms with Crippen LogP contribution in [0.3, 0.4) is 0 Å². The van der Waals surface area contributed by atoms with Crippen molar-refractivity contribution >= 4 is 27.2 Å². The number of rotatable bonds is 2. The second-order valence-electron chi connectivity index (χ2n) is 6.23. The highest BCUT2D eigenvalue weighted by molar-refractivity contribution is 7.90. The molecule has 130 valence electrons. The quantitative estimate of drug-likeness (QED) is 0.891. The van der Waals surface area contributed by atoms with Gasteiger partial charge in [-0.15, -0.1) is 4.40 Å². The van der Waals surface area contributed by atoms with Gasteiger partial charge in [-0.1, -0.05) is 6.07 Å². The fourth-order valence-corrected chi connectivity index (χ4v) is 4.57. The number of nitrogens with zero attached hydrogens (tertiary/aromatic N) is 3. The molecule has 1 atom stereocenters. The molecule has 0 aliphatic carbocycles. The summed E-state index contributed by atoms with van der Waals surface area (Å²) in [4.78, 5) is 6.27. The van der Waals surface area contributed by atoms with Crippen LogP contribution in [0.4, 0.5) is 15.8 Å². The zero-order chi connectivity index (χ0) is 17.6. The van der Waals surface area contributed by atoms with Gasteiger partial charge in [0.15, 0.2) is 5.84 Å². The van der Waals surface area contributed by atoms with Gasteiger partial charge in [0.2, 0.25) is 0 Å². The molecule has 1 aromatic carbocycles. The molecule has 0 radical (unpaired) electrons. The van der Waals surface area contributed by atoms with Crippen molar-refractivity contribution in [2.45, 2.75) is 30.7 Å². The zero-order valence-corrected chi connectivity index (χ0v) is 14.4. The lowest BCUT2D eigenvalue weighted by Gasteiger charge is -2.26. The van der Waals surface area contributed by atoms with Gasteiger partial charge in [-0.25, -0.2) is 4.39 Å². The van der Waals surface area contributed by atoms with Crippen LogP contribution in [0, 0.1) is 5.82 Å². The number of aromatic nitrogens is 1. The second-order valence-corrected chi connectivity index (χ2v) is 7.80. The van der Waals surface area contributed by atoms with Gasteiger partial charge < -0.3 is 10.2 Å². The zero-order valence-electron chi connectivity index (χ0n) is 13.6. The third-order valence-corrected chi connectivity index (χ3v) is 5.94. The third-order valence-electron chi connectivity index (χ3n) is 4.62. The predicted octanol–water partition coefficient (Wildman–Crippen LogP) is 2.77. The minimum atomic E-state index is -3.88. The van der Waals surface area contributed by atoms with Crippen LogP contribution in [-0.4, -0.2) is 31.8 Å². The van der Waals surface area contributed by atoms with Gasteiger partial charge in [-0.2, -0.15) is 8.42 Å². The SMILES string of the molecule is C[C@H]1CCCN1c1cnccc1NC1=NS(=O)(=O)c2cccc(F)c21. The third kappa shape index (κ3) is 2.66. The van der Waals surface area contributed by atoms with E-state index < -0.39 is 15.8 Å². The van der Waals surface area contributed by atoms with Crippen molar-refractivity contribution in [1.82, 2.24) is 4.98 Å². The summed E-state index contributed by atoms with van der Waals surface area (Å²) < 4.78 is 42.3. The molecule has 2 aliphatic rings. The van der Waals surface area contributed by atoms with Crippen LogP contribution in [0.1, 0.15) is 25.3 Å². The number of pyridine rings is 1. The van der Waals surface area contributed by atoms with E-state index in [1.54, 1.807) is 18.5 Å². The van der Waals surface area contributed by atoms with Gasteiger partial charge in [-0.05, 0) is 38.0 Å². The van der Waals surface area contributed by atoms with Crippen molar-refractivity contribution in [2.75, 3.05) is 16.8 Å². The van der Waals surface area contributed by atoms with Crippen LogP contribution in [0.15, 0.2) is 46.0 Å². The molecule has 0 amide bonds. The highest BCUT2D eigenvalue weighted by Crippen LogP contribution is 2.34. The largest absolute Gasteiger partial charge is 0.366 e. The van der Waals surface area contributed by atoms with Crippen molar-refractivity contribution in [3.05, 3.63) is 48.0 Å². The van der Waals surface area contributed by atoms with Crippen molar-refractivity contribution in [3.63, 3.8) is 0 Å². The summed E-state index contributed by atoms with van der Waals surface area (Å²) in [6, 6.07) is 6.07. The van der Waals surface area contributed by atoms with Crippen LogP contribution < -0.4 is 10.2 Å². The number of hydrogen-bond donors (Lipinski definition) is 1. The molecule has 4 rings (SSSR count). The lowest BCUT2D eigenvalue weighted by molar-refractivity contribution is 0.595. The van der Waals surface area contributed by atoms with Crippen LogP contribution in [-0.2, 0) is 10.0 Å². The molecule has 2 aliphatic heterocycles. The number of hydrogen-bond acceptors (Lipinski definition) is 5. The highest BCUT2D eigenvalue weighted by atomic mass is 32.2. The average Bonchev–Trinajstić information content (AvgIpc) is 3.10. The molecule has 0 saturated carbocycles. The van der Waals surface area contributed by atoms with Gasteiger partial charge in [0, 0.05) is 18.8 Å². The van der Waals surface area contributed by atoms with Gasteiger partial charge in [0.05, 0.1) is 23.1 Å². The summed E-state index contributed by atoms with van der Waals surface area (Å²) in [5.41, 5.74) is 1.51. The van der Waals surface area contributed by atoms with E-state index in [9.17, 15) is 12.8 Å². The van der Waals surface area contributed by atoms with Gasteiger partial charge in [0.1, 0.15) is 10.7 Å². The van der Waals surface area contributed by atoms with Crippen molar-refractivity contribution < 1.29 is 12.8 Å². The summed E-state index contributed by atoms with van der Waals surface area (Å²) in [6.07, 6.45) is 5.51. The first-order chi connectivity index (χ1) is 12.0. The van der Waals surface area contributed by atoms with Crippen molar-refractivity contribution in [3.8, 4) is 0 Å². The van der Waals surface area contributed by atoms with Crippen molar-refractivity contribution in [2.24, 2.45) is 4.40 Å². The number of nitrogens with one attached hydrogen (secondary N) is 1. The molecule has 8 heteroatoms. The summed E-state index contributed by atoms with van der Waals surface area (Å²) in [7, 11) is -3.88. The van der Waals surface area contributed by atoms with Crippen LogP contribution in [0.2, 0.25) is 0 Å². The normalized spacial score (nSPS) is 21.1. The van der Waals surface area contributed by atoms with E-state index in [1.165, 1.54) is 18.2 Å². The minimum absolute atomic E-state index is 0.00685. The fraction of sp³-hybridized carbons (Fsp3) is 0.294. The summed E-state index contributed by atoms with van der Waals surface area (Å²) in [5, 5.41) is 3.01. The molecule has 0 bridgehead atoms. The summed E-state index contributed by atoms with van der Waals surface area (Å²) in [5.74, 6) is -0.609. The number of sulfonamides is 1. The highest BCUT2D eigenvalue weighted by Gasteiger charge is 2.32. The number of amidine groups is 1. The van der Waals surface area contributed by atoms with E-state index in [4.69, 9.17) is 0 Å². The Balaban J connectivity index is 1.76. The maximum atomic E-state index is 14.2. The number of halogens is 1. The van der Waals surface area contributed by atoms with E-state index in [2.05, 4.69) is 26.5 Å². The molecule has 0 unspecified atom stereocenters. The van der Waals surface area contributed by atoms with Gasteiger partial charge >= 0.3 is 0 Å². The lowest BCUT2D eigenvalue weighted by Crippen LogP contribution is -2.28. The minimum Gasteiger partial charge on any atom is -0.366 e. The first-order valence-corrected chi connectivity index (χ1v) is 9.53. The van der Waals surface area contributed by atoms with E-state index in [-0.39, 0.29) is 16.3 Å². The standard InChI is InChI=1S/C17H17FN4O2S/c1-11-4-3-9-22(11)14-10-19-8-7-13(14)20-17-16-12(18)5-2-6-15(16)25(23,24)21-17/h2,5-8,10-11H,3-4,9H2,1H3,(H,19,20,21)/t11-/m0/s1. The van der Waals surface area contributed by atoms with E-state index in [1.807, 2.05) is 0 Å². The summed E-state index contributed by atoms with van der Waals surface area (Å²) in [6.45, 7) is 3.04. The van der Waals surface area contributed by atoms with Crippen LogP contribution in [0.25, 0.3) is 0 Å². The topological polar surface area (TPSA) is 74.7 Å². The van der Waals surface area contributed by atoms with E-state index >= 15 is 0 Å². The number of benzene rings is 1. The molecule has 1 N–H and O–H groups in total. The Bertz CT molecular complexity index is 974.